The van der Waals surface area contributed by atoms with Crippen LogP contribution in [0.15, 0.2) is 18.2 Å². The van der Waals surface area contributed by atoms with Crippen LogP contribution in [0.3, 0.4) is 0 Å². The number of phenolic OH excluding ortho intramolecular Hbond substituents is 1. The number of carbonyl (C=O) groups excluding carboxylic acids is 1. The van der Waals surface area contributed by atoms with Gasteiger partial charge in [0, 0.05) is 13.8 Å². The number of benzene rings is 1. The van der Waals surface area contributed by atoms with Crippen molar-refractivity contribution in [3.63, 3.8) is 0 Å². The number of carbonyl (C=O) groups is 1. The lowest BCUT2D eigenvalue weighted by Crippen LogP contribution is -2.08. The summed E-state index contributed by atoms with van der Waals surface area (Å²) < 4.78 is 5.69. The molecule has 0 heterocycles. The van der Waals surface area contributed by atoms with E-state index in [1.165, 1.54) is 6.07 Å². The van der Waals surface area contributed by atoms with Crippen LogP contribution in [0.4, 0.5) is 0 Å². The molecule has 0 aliphatic rings. The molecule has 0 aliphatic carbocycles. The molecule has 15 heavy (non-hydrogen) atoms. The lowest BCUT2D eigenvalue weighted by molar-refractivity contribution is 0.0501. The zero-order valence-corrected chi connectivity index (χ0v) is 11.2. The summed E-state index contributed by atoms with van der Waals surface area (Å²) in [6.45, 7) is 0.354. The van der Waals surface area contributed by atoms with E-state index in [2.05, 4.69) is 10.2 Å². The quantitative estimate of drug-likeness (QED) is 0.397. The van der Waals surface area contributed by atoms with Gasteiger partial charge in [0.2, 0.25) is 0 Å². The molecular formula is C10H10IO3Si. The highest BCUT2D eigenvalue weighted by molar-refractivity contribution is 14.1. The first-order valence-electron chi connectivity index (χ1n) is 4.46. The number of aromatic hydroxyl groups is 1. The summed E-state index contributed by atoms with van der Waals surface area (Å²) >= 11 is 1.99. The Bertz CT molecular complexity index is 334. The number of hydrogen-bond donors (Lipinski definition) is 1. The Labute approximate surface area is 105 Å². The Hall–Kier alpha value is -0.563. The van der Waals surface area contributed by atoms with E-state index in [-0.39, 0.29) is 11.3 Å². The molecule has 0 spiro atoms. The van der Waals surface area contributed by atoms with Crippen molar-refractivity contribution in [2.24, 2.45) is 0 Å². The van der Waals surface area contributed by atoms with Crippen molar-refractivity contribution < 1.29 is 14.6 Å². The van der Waals surface area contributed by atoms with Crippen molar-refractivity contribution in [1.82, 2.24) is 0 Å². The number of halogens is 1. The minimum Gasteiger partial charge on any atom is -0.507 e. The van der Waals surface area contributed by atoms with Crippen molar-refractivity contribution in [3.05, 3.63) is 27.3 Å². The van der Waals surface area contributed by atoms with E-state index in [0.29, 0.717) is 10.2 Å². The van der Waals surface area contributed by atoms with Crippen molar-refractivity contribution >= 4 is 38.8 Å². The fourth-order valence-electron chi connectivity index (χ4n) is 1.02. The Morgan fingerprint density at radius 3 is 2.87 bits per heavy atom. The summed E-state index contributed by atoms with van der Waals surface area (Å²) in [5, 5.41) is 9.50. The van der Waals surface area contributed by atoms with Crippen LogP contribution >= 0.6 is 22.6 Å². The van der Waals surface area contributed by atoms with Crippen LogP contribution in [-0.2, 0) is 4.74 Å². The third-order valence-corrected chi connectivity index (χ3v) is 3.00. The SMILES string of the molecule is O=C(OCCC[Si])c1c(O)cccc1I. The fraction of sp³-hybridized carbons (Fsp3) is 0.300. The molecule has 1 rings (SSSR count). The Balaban J connectivity index is 2.73. The van der Waals surface area contributed by atoms with E-state index in [1.54, 1.807) is 12.1 Å². The third-order valence-electron chi connectivity index (χ3n) is 1.75. The van der Waals surface area contributed by atoms with Crippen LogP contribution in [0.5, 0.6) is 5.75 Å². The molecule has 3 radical (unpaired) electrons. The molecule has 3 nitrogen and oxygen atoms in total. The van der Waals surface area contributed by atoms with E-state index in [4.69, 9.17) is 4.74 Å². The van der Waals surface area contributed by atoms with Crippen LogP contribution in [0.1, 0.15) is 16.8 Å². The maximum absolute atomic E-state index is 11.6. The van der Waals surface area contributed by atoms with Gasteiger partial charge < -0.3 is 9.84 Å². The van der Waals surface area contributed by atoms with Crippen LogP contribution in [0.2, 0.25) is 6.04 Å². The molecule has 0 aromatic heterocycles. The molecular weight excluding hydrogens is 323 g/mol. The van der Waals surface area contributed by atoms with Gasteiger partial charge in [-0.3, -0.25) is 0 Å². The fourth-order valence-corrected chi connectivity index (χ4v) is 1.87. The highest BCUT2D eigenvalue weighted by Gasteiger charge is 2.15. The molecule has 0 saturated carbocycles. The summed E-state index contributed by atoms with van der Waals surface area (Å²) in [6, 6.07) is 5.70. The average molecular weight is 333 g/mol. The zero-order valence-electron chi connectivity index (χ0n) is 8.00. The van der Waals surface area contributed by atoms with Crippen molar-refractivity contribution in [2.45, 2.75) is 12.5 Å². The van der Waals surface area contributed by atoms with Crippen molar-refractivity contribution in [3.8, 4) is 5.75 Å². The summed E-state index contributed by atoms with van der Waals surface area (Å²) in [4.78, 5) is 11.6. The first-order valence-corrected chi connectivity index (χ1v) is 6.24. The predicted octanol–water partition coefficient (Wildman–Crippen LogP) is 2.13. The molecule has 0 amide bonds. The highest BCUT2D eigenvalue weighted by Crippen LogP contribution is 2.23. The van der Waals surface area contributed by atoms with Gasteiger partial charge in [0.15, 0.2) is 0 Å². The van der Waals surface area contributed by atoms with Crippen molar-refractivity contribution in [2.75, 3.05) is 6.61 Å². The van der Waals surface area contributed by atoms with Gasteiger partial charge in [-0.15, -0.1) is 0 Å². The second-order valence-corrected chi connectivity index (χ2v) is 4.54. The van der Waals surface area contributed by atoms with Gasteiger partial charge in [0.1, 0.15) is 11.3 Å². The summed E-state index contributed by atoms with van der Waals surface area (Å²) in [6.07, 6.45) is 0.757. The molecule has 0 fully saturated rings. The molecule has 0 saturated heterocycles. The summed E-state index contributed by atoms with van der Waals surface area (Å²) in [7, 11) is 3.29. The standard InChI is InChI=1S/C10H10IO3Si/c11-7-3-1-4-8(12)9(7)10(13)14-5-2-6-15/h1,3-4,12H,2,5-6H2. The average Bonchev–Trinajstić information content (AvgIpc) is 2.18. The number of hydrogen-bond acceptors (Lipinski definition) is 3. The molecule has 0 bridgehead atoms. The third kappa shape index (κ3) is 3.49. The van der Waals surface area contributed by atoms with Gasteiger partial charge in [-0.05, 0) is 41.1 Å². The minimum absolute atomic E-state index is 0.0368. The molecule has 0 aliphatic heterocycles. The Morgan fingerprint density at radius 1 is 1.53 bits per heavy atom. The van der Waals surface area contributed by atoms with Gasteiger partial charge >= 0.3 is 5.97 Å². The lowest BCUT2D eigenvalue weighted by Gasteiger charge is -2.07. The smallest absolute Gasteiger partial charge is 0.343 e. The van der Waals surface area contributed by atoms with Crippen molar-refractivity contribution in [1.29, 1.82) is 0 Å². The molecule has 79 valence electrons. The zero-order chi connectivity index (χ0) is 11.3. The monoisotopic (exact) mass is 333 g/mol. The largest absolute Gasteiger partial charge is 0.507 e. The summed E-state index contributed by atoms with van der Waals surface area (Å²) in [5.74, 6) is -0.511. The number of esters is 1. The predicted molar refractivity (Wildman–Crippen MR) is 66.3 cm³/mol. The minimum atomic E-state index is -0.474. The van der Waals surface area contributed by atoms with Gasteiger partial charge in [0.25, 0.3) is 0 Å². The molecule has 0 atom stereocenters. The normalized spacial score (nSPS) is 10.0. The van der Waals surface area contributed by atoms with Gasteiger partial charge in [-0.2, -0.15) is 0 Å². The highest BCUT2D eigenvalue weighted by atomic mass is 127. The maximum atomic E-state index is 11.6. The van der Waals surface area contributed by atoms with E-state index >= 15 is 0 Å². The molecule has 1 N–H and O–H groups in total. The number of ether oxygens (including phenoxy) is 1. The van der Waals surface area contributed by atoms with Crippen LogP contribution < -0.4 is 0 Å². The Morgan fingerprint density at radius 2 is 2.27 bits per heavy atom. The first-order chi connectivity index (χ1) is 7.16. The van der Waals surface area contributed by atoms with E-state index in [0.717, 1.165) is 12.5 Å². The van der Waals surface area contributed by atoms with Gasteiger partial charge in [0.05, 0.1) is 6.61 Å². The molecule has 0 unspecified atom stereocenters. The second-order valence-electron chi connectivity index (χ2n) is 2.87. The number of rotatable bonds is 4. The topological polar surface area (TPSA) is 46.5 Å². The maximum Gasteiger partial charge on any atom is 0.343 e. The molecule has 1 aromatic rings. The van der Waals surface area contributed by atoms with Crippen LogP contribution in [-0.4, -0.2) is 27.9 Å². The van der Waals surface area contributed by atoms with E-state index in [9.17, 15) is 9.90 Å². The van der Waals surface area contributed by atoms with E-state index < -0.39 is 5.97 Å². The Kier molecular flexibility index (Phi) is 5.10. The molecule has 5 heteroatoms. The lowest BCUT2D eigenvalue weighted by atomic mass is 10.2. The van der Waals surface area contributed by atoms with Crippen LogP contribution in [0, 0.1) is 3.57 Å². The molecule has 1 aromatic carbocycles. The summed E-state index contributed by atoms with van der Waals surface area (Å²) in [5.41, 5.74) is 0.243. The number of phenols is 1. The second kappa shape index (κ2) is 6.11. The van der Waals surface area contributed by atoms with Crippen LogP contribution in [0.25, 0.3) is 0 Å². The first kappa shape index (κ1) is 12.5. The van der Waals surface area contributed by atoms with E-state index in [1.807, 2.05) is 22.6 Å². The van der Waals surface area contributed by atoms with Gasteiger partial charge in [-0.1, -0.05) is 12.1 Å². The van der Waals surface area contributed by atoms with Gasteiger partial charge in [-0.25, -0.2) is 4.79 Å².